The number of nitrogens with zero attached hydrogens (tertiary/aromatic N) is 2. The van der Waals surface area contributed by atoms with Crippen LogP contribution in [0.25, 0.3) is 11.0 Å². The molecule has 0 fully saturated rings. The van der Waals surface area contributed by atoms with E-state index in [1.807, 2.05) is 13.0 Å². The fraction of sp³-hybridized carbons (Fsp3) is 0.136. The van der Waals surface area contributed by atoms with Crippen LogP contribution >= 0.6 is 11.6 Å². The molecule has 2 aromatic carbocycles. The van der Waals surface area contributed by atoms with Crippen molar-refractivity contribution in [2.24, 2.45) is 0 Å². The molecule has 3 heterocycles. The molecule has 0 unspecified atom stereocenters. The van der Waals surface area contributed by atoms with E-state index in [-0.39, 0.29) is 16.8 Å². The summed E-state index contributed by atoms with van der Waals surface area (Å²) in [4.78, 5) is 28.2. The topological polar surface area (TPSA) is 76.6 Å². The quantitative estimate of drug-likeness (QED) is 0.478. The van der Waals surface area contributed by atoms with Crippen LogP contribution in [0.4, 0.5) is 5.82 Å². The first-order valence-corrected chi connectivity index (χ1v) is 9.41. The largest absolute Gasteiger partial charge is 0.450 e. The highest BCUT2D eigenvalue weighted by atomic mass is 35.5. The number of benzene rings is 2. The van der Waals surface area contributed by atoms with E-state index in [0.29, 0.717) is 27.6 Å². The second kappa shape index (κ2) is 6.32. The summed E-state index contributed by atoms with van der Waals surface area (Å²) < 4.78 is 11.1. The molecule has 0 N–H and O–H groups in total. The van der Waals surface area contributed by atoms with Crippen LogP contribution in [0, 0.1) is 13.8 Å². The number of fused-ring (bicyclic) bond motifs is 2. The van der Waals surface area contributed by atoms with Crippen molar-refractivity contribution in [3.05, 3.63) is 92.0 Å². The Kier molecular flexibility index (Phi) is 3.86. The summed E-state index contributed by atoms with van der Waals surface area (Å²) in [5.41, 5.74) is 2.08. The lowest BCUT2D eigenvalue weighted by molar-refractivity contribution is 0.0969. The van der Waals surface area contributed by atoms with E-state index in [0.717, 1.165) is 11.1 Å². The zero-order chi connectivity index (χ0) is 20.3. The van der Waals surface area contributed by atoms with Crippen LogP contribution in [0.3, 0.4) is 0 Å². The van der Waals surface area contributed by atoms with E-state index in [1.54, 1.807) is 49.4 Å². The third kappa shape index (κ3) is 2.68. The summed E-state index contributed by atoms with van der Waals surface area (Å²) in [7, 11) is 0. The number of carbonyl (C=O) groups is 1. The second-order valence-electron chi connectivity index (χ2n) is 7.10. The van der Waals surface area contributed by atoms with Gasteiger partial charge in [0.1, 0.15) is 11.3 Å². The van der Waals surface area contributed by atoms with Crippen molar-refractivity contribution in [2.45, 2.75) is 19.9 Å². The number of hydrogen-bond donors (Lipinski definition) is 0. The van der Waals surface area contributed by atoms with E-state index in [9.17, 15) is 9.59 Å². The molecule has 2 aromatic heterocycles. The minimum Gasteiger partial charge on any atom is -0.450 e. The number of rotatable bonds is 2. The van der Waals surface area contributed by atoms with Gasteiger partial charge in [-0.1, -0.05) is 40.5 Å². The zero-order valence-corrected chi connectivity index (χ0v) is 16.4. The van der Waals surface area contributed by atoms with Crippen molar-refractivity contribution in [1.29, 1.82) is 0 Å². The fourth-order valence-electron chi connectivity index (χ4n) is 3.75. The number of aromatic nitrogens is 1. The molecule has 1 atom stereocenters. The van der Waals surface area contributed by atoms with Crippen LogP contribution in [0.2, 0.25) is 5.02 Å². The van der Waals surface area contributed by atoms with Gasteiger partial charge in [0.25, 0.3) is 5.91 Å². The highest BCUT2D eigenvalue weighted by molar-refractivity contribution is 6.30. The average Bonchev–Trinajstić information content (AvgIpc) is 3.25. The Morgan fingerprint density at radius 1 is 1.03 bits per heavy atom. The molecule has 144 valence electrons. The molecule has 4 aromatic rings. The Balaban J connectivity index is 1.83. The van der Waals surface area contributed by atoms with E-state index in [2.05, 4.69) is 5.16 Å². The van der Waals surface area contributed by atoms with Gasteiger partial charge >= 0.3 is 0 Å². The first-order valence-electron chi connectivity index (χ1n) is 9.04. The number of halogens is 1. The summed E-state index contributed by atoms with van der Waals surface area (Å²) >= 11 is 6.04. The second-order valence-corrected chi connectivity index (χ2v) is 7.54. The van der Waals surface area contributed by atoms with Gasteiger partial charge in [0, 0.05) is 11.1 Å². The Morgan fingerprint density at radius 3 is 2.48 bits per heavy atom. The molecule has 0 radical (unpaired) electrons. The van der Waals surface area contributed by atoms with Gasteiger partial charge in [-0.05, 0) is 43.7 Å². The van der Waals surface area contributed by atoms with E-state index in [4.69, 9.17) is 20.5 Å². The van der Waals surface area contributed by atoms with E-state index >= 15 is 0 Å². The van der Waals surface area contributed by atoms with E-state index in [1.165, 1.54) is 4.90 Å². The molecule has 1 aliphatic rings. The number of anilines is 1. The summed E-state index contributed by atoms with van der Waals surface area (Å²) in [6.07, 6.45) is 0. The van der Waals surface area contributed by atoms with Crippen molar-refractivity contribution in [3.63, 3.8) is 0 Å². The Labute approximate surface area is 170 Å². The number of amides is 1. The summed E-state index contributed by atoms with van der Waals surface area (Å²) in [6.45, 7) is 3.64. The first-order chi connectivity index (χ1) is 13.9. The molecule has 0 aliphatic carbocycles. The normalized spacial score (nSPS) is 15.9. The SMILES string of the molecule is Cc1ccc2oc3c(c(=O)c2c1)[C@H](c1ccc(Cl)cc1)N(c1cc(C)on1)C3=O. The number of aryl methyl sites for hydroxylation is 2. The Bertz CT molecular complexity index is 1340. The predicted octanol–water partition coefficient (Wildman–Crippen LogP) is 4.80. The fourth-order valence-corrected chi connectivity index (χ4v) is 3.88. The van der Waals surface area contributed by atoms with Crippen LogP contribution in [-0.2, 0) is 0 Å². The number of carbonyl (C=O) groups excluding carboxylic acids is 1. The van der Waals surface area contributed by atoms with Crippen LogP contribution in [0.15, 0.2) is 62.3 Å². The Hall–Kier alpha value is -3.38. The number of hydrogen-bond acceptors (Lipinski definition) is 5. The van der Waals surface area contributed by atoms with Crippen molar-refractivity contribution in [1.82, 2.24) is 5.16 Å². The standard InChI is InChI=1S/C22H15ClN2O4/c1-11-3-8-16-15(9-11)20(26)18-19(13-4-6-14(23)7-5-13)25(22(27)21(18)28-16)17-10-12(2)29-24-17/h3-10,19H,1-2H3/t19-/m0/s1. The minimum atomic E-state index is -0.694. The molecule has 0 saturated heterocycles. The molecular weight excluding hydrogens is 392 g/mol. The lowest BCUT2D eigenvalue weighted by atomic mass is 9.98. The molecule has 5 rings (SSSR count). The maximum Gasteiger partial charge on any atom is 0.296 e. The maximum atomic E-state index is 13.4. The van der Waals surface area contributed by atoms with Crippen molar-refractivity contribution in [3.8, 4) is 0 Å². The molecule has 7 heteroatoms. The summed E-state index contributed by atoms with van der Waals surface area (Å²) in [6, 6.07) is 13.3. The van der Waals surface area contributed by atoms with Gasteiger partial charge < -0.3 is 8.94 Å². The summed E-state index contributed by atoms with van der Waals surface area (Å²) in [5.74, 6) is 0.456. The van der Waals surface area contributed by atoms with Crippen LogP contribution in [0.5, 0.6) is 0 Å². The predicted molar refractivity (Wildman–Crippen MR) is 109 cm³/mol. The molecule has 0 saturated carbocycles. The molecular formula is C22H15ClN2O4. The highest BCUT2D eigenvalue weighted by Gasteiger charge is 2.44. The molecule has 0 bridgehead atoms. The highest BCUT2D eigenvalue weighted by Crippen LogP contribution is 2.41. The van der Waals surface area contributed by atoms with Gasteiger partial charge in [-0.25, -0.2) is 0 Å². The van der Waals surface area contributed by atoms with E-state index < -0.39 is 11.9 Å². The van der Waals surface area contributed by atoms with Crippen LogP contribution in [-0.4, -0.2) is 11.1 Å². The smallest absolute Gasteiger partial charge is 0.296 e. The third-order valence-corrected chi connectivity index (χ3v) is 5.33. The van der Waals surface area contributed by atoms with Gasteiger partial charge in [0.05, 0.1) is 17.0 Å². The van der Waals surface area contributed by atoms with Crippen molar-refractivity contribution >= 4 is 34.3 Å². The minimum absolute atomic E-state index is 0.0203. The van der Waals surface area contributed by atoms with Crippen LogP contribution in [0.1, 0.15) is 39.0 Å². The summed E-state index contributed by atoms with van der Waals surface area (Å²) in [5, 5.41) is 5.00. The third-order valence-electron chi connectivity index (χ3n) is 5.07. The monoisotopic (exact) mass is 406 g/mol. The average molecular weight is 407 g/mol. The lowest BCUT2D eigenvalue weighted by Gasteiger charge is -2.22. The Morgan fingerprint density at radius 2 is 1.79 bits per heavy atom. The molecule has 1 amide bonds. The first kappa shape index (κ1) is 17.7. The van der Waals surface area contributed by atoms with Gasteiger partial charge in [0.15, 0.2) is 11.2 Å². The zero-order valence-electron chi connectivity index (χ0n) is 15.6. The van der Waals surface area contributed by atoms with Crippen molar-refractivity contribution < 1.29 is 13.7 Å². The van der Waals surface area contributed by atoms with Gasteiger partial charge in [-0.15, -0.1) is 0 Å². The molecule has 6 nitrogen and oxygen atoms in total. The maximum absolute atomic E-state index is 13.4. The van der Waals surface area contributed by atoms with Gasteiger partial charge in [-0.3, -0.25) is 14.5 Å². The van der Waals surface area contributed by atoms with Crippen molar-refractivity contribution in [2.75, 3.05) is 4.90 Å². The molecule has 1 aliphatic heterocycles. The van der Waals surface area contributed by atoms with Crippen LogP contribution < -0.4 is 10.3 Å². The lowest BCUT2D eigenvalue weighted by Crippen LogP contribution is -2.29. The molecule has 0 spiro atoms. The van der Waals surface area contributed by atoms with Gasteiger partial charge in [0.2, 0.25) is 5.76 Å². The molecule has 29 heavy (non-hydrogen) atoms. The van der Waals surface area contributed by atoms with Gasteiger partial charge in [-0.2, -0.15) is 0 Å².